The summed E-state index contributed by atoms with van der Waals surface area (Å²) in [5, 5.41) is 23.3. The highest BCUT2D eigenvalue weighted by atomic mass is 35.5. The van der Waals surface area contributed by atoms with Crippen LogP contribution in [-0.4, -0.2) is 53.0 Å². The molecule has 0 unspecified atom stereocenters. The molecule has 0 radical (unpaired) electrons. The van der Waals surface area contributed by atoms with Gasteiger partial charge in [-0.25, -0.2) is 0 Å². The van der Waals surface area contributed by atoms with Crippen molar-refractivity contribution in [2.45, 2.75) is 31.9 Å². The van der Waals surface area contributed by atoms with E-state index < -0.39 is 0 Å². The number of benzene rings is 1. The van der Waals surface area contributed by atoms with Gasteiger partial charge >= 0.3 is 0 Å². The number of hydrogen-bond donors (Lipinski definition) is 2. The van der Waals surface area contributed by atoms with Crippen LogP contribution >= 0.6 is 11.6 Å². The molecule has 1 fully saturated rings. The van der Waals surface area contributed by atoms with Crippen LogP contribution < -0.4 is 5.32 Å². The third-order valence-corrected chi connectivity index (χ3v) is 5.34. The number of aromatic hydroxyl groups is 1. The zero-order valence-electron chi connectivity index (χ0n) is 14.8. The van der Waals surface area contributed by atoms with Gasteiger partial charge in [0.2, 0.25) is 0 Å². The molecule has 4 rings (SSSR count). The van der Waals surface area contributed by atoms with Gasteiger partial charge in [0.05, 0.1) is 13.2 Å². The molecule has 0 aliphatic carbocycles. The van der Waals surface area contributed by atoms with Crippen LogP contribution in [0.15, 0.2) is 18.2 Å². The summed E-state index contributed by atoms with van der Waals surface area (Å²) < 4.78 is 5.67. The first kappa shape index (κ1) is 17.5. The first-order valence-corrected chi connectivity index (χ1v) is 9.40. The second-order valence-corrected chi connectivity index (χ2v) is 7.50. The molecule has 6 nitrogen and oxygen atoms in total. The van der Waals surface area contributed by atoms with E-state index in [1.807, 2.05) is 0 Å². The molecule has 26 heavy (non-hydrogen) atoms. The van der Waals surface area contributed by atoms with E-state index in [1.165, 1.54) is 12.5 Å². The van der Waals surface area contributed by atoms with Crippen molar-refractivity contribution >= 4 is 17.4 Å². The van der Waals surface area contributed by atoms with E-state index in [2.05, 4.69) is 27.5 Å². The molecule has 0 bridgehead atoms. The molecular formula is C19H23ClN4O2. The topological polar surface area (TPSA) is 70.5 Å². The Balaban J connectivity index is 1.70. The van der Waals surface area contributed by atoms with Crippen molar-refractivity contribution in [2.24, 2.45) is 0 Å². The minimum atomic E-state index is 0.106. The Morgan fingerprint density at radius 1 is 1.31 bits per heavy atom. The van der Waals surface area contributed by atoms with Gasteiger partial charge in [0, 0.05) is 34.3 Å². The second-order valence-electron chi connectivity index (χ2n) is 7.06. The molecule has 0 saturated carbocycles. The highest BCUT2D eigenvalue weighted by Gasteiger charge is 2.25. The van der Waals surface area contributed by atoms with E-state index in [9.17, 15) is 5.11 Å². The van der Waals surface area contributed by atoms with Gasteiger partial charge in [0.15, 0.2) is 5.82 Å². The standard InChI is InChI=1S/C19H23ClN4O2/c1-24-7-2-3-13(10-24)21-19-14-6-8-26-11-16(14)18(22-23-19)15-5-4-12(20)9-17(15)25/h4-5,9,13,25H,2-3,6-8,10-11H2,1H3,(H,21,23)/t13-/m1/s1. The van der Waals surface area contributed by atoms with Crippen LogP contribution in [0.2, 0.25) is 5.02 Å². The van der Waals surface area contributed by atoms with Gasteiger partial charge in [0.1, 0.15) is 11.4 Å². The molecule has 1 aromatic carbocycles. The Kier molecular flexibility index (Phi) is 4.98. The quantitative estimate of drug-likeness (QED) is 0.860. The minimum Gasteiger partial charge on any atom is -0.507 e. The fourth-order valence-electron chi connectivity index (χ4n) is 3.79. The van der Waals surface area contributed by atoms with Crippen molar-refractivity contribution in [2.75, 3.05) is 32.1 Å². The number of likely N-dealkylation sites (N-methyl/N-ethyl adjacent to an activating group) is 1. The van der Waals surface area contributed by atoms with E-state index in [1.54, 1.807) is 12.1 Å². The van der Waals surface area contributed by atoms with Gasteiger partial charge in [-0.2, -0.15) is 0 Å². The summed E-state index contributed by atoms with van der Waals surface area (Å²) in [4.78, 5) is 2.34. The third-order valence-electron chi connectivity index (χ3n) is 5.11. The summed E-state index contributed by atoms with van der Waals surface area (Å²) >= 11 is 5.96. The molecule has 138 valence electrons. The number of fused-ring (bicyclic) bond motifs is 1. The number of phenols is 1. The zero-order chi connectivity index (χ0) is 18.1. The molecule has 0 spiro atoms. The Morgan fingerprint density at radius 3 is 3.00 bits per heavy atom. The molecule has 2 aromatic rings. The van der Waals surface area contributed by atoms with Crippen molar-refractivity contribution in [1.29, 1.82) is 0 Å². The van der Waals surface area contributed by atoms with Crippen molar-refractivity contribution in [1.82, 2.24) is 15.1 Å². The first-order valence-electron chi connectivity index (χ1n) is 9.02. The van der Waals surface area contributed by atoms with Gasteiger partial charge in [-0.05, 0) is 51.1 Å². The largest absolute Gasteiger partial charge is 0.507 e. The average molecular weight is 375 g/mol. The number of aromatic nitrogens is 2. The molecule has 3 heterocycles. The Bertz CT molecular complexity index is 814. The predicted octanol–water partition coefficient (Wildman–Crippen LogP) is 3.08. The number of ether oxygens (including phenoxy) is 1. The summed E-state index contributed by atoms with van der Waals surface area (Å²) in [5.41, 5.74) is 3.44. The van der Waals surface area contributed by atoms with Crippen LogP contribution in [0.4, 0.5) is 5.82 Å². The second kappa shape index (κ2) is 7.39. The number of likely N-dealkylation sites (tertiary alicyclic amines) is 1. The van der Waals surface area contributed by atoms with Gasteiger partial charge in [-0.3, -0.25) is 0 Å². The summed E-state index contributed by atoms with van der Waals surface area (Å²) in [6, 6.07) is 5.43. The third kappa shape index (κ3) is 3.49. The monoisotopic (exact) mass is 374 g/mol. The zero-order valence-corrected chi connectivity index (χ0v) is 15.6. The lowest BCUT2D eigenvalue weighted by molar-refractivity contribution is 0.111. The van der Waals surface area contributed by atoms with Gasteiger partial charge < -0.3 is 20.1 Å². The van der Waals surface area contributed by atoms with Crippen molar-refractivity contribution in [3.63, 3.8) is 0 Å². The minimum absolute atomic E-state index is 0.106. The fraction of sp³-hybridized carbons (Fsp3) is 0.474. The summed E-state index contributed by atoms with van der Waals surface area (Å²) in [7, 11) is 2.15. The highest BCUT2D eigenvalue weighted by molar-refractivity contribution is 6.30. The Morgan fingerprint density at radius 2 is 2.19 bits per heavy atom. The lowest BCUT2D eigenvalue weighted by atomic mass is 9.97. The summed E-state index contributed by atoms with van der Waals surface area (Å²) in [5.74, 6) is 0.954. The predicted molar refractivity (Wildman–Crippen MR) is 102 cm³/mol. The van der Waals surface area contributed by atoms with Crippen LogP contribution in [0.1, 0.15) is 24.0 Å². The van der Waals surface area contributed by atoms with Crippen molar-refractivity contribution in [3.05, 3.63) is 34.3 Å². The molecular weight excluding hydrogens is 352 g/mol. The molecule has 1 aromatic heterocycles. The van der Waals surface area contributed by atoms with Gasteiger partial charge in [-0.1, -0.05) is 11.6 Å². The van der Waals surface area contributed by atoms with Gasteiger partial charge in [-0.15, -0.1) is 10.2 Å². The lowest BCUT2D eigenvalue weighted by Crippen LogP contribution is -2.40. The molecule has 2 N–H and O–H groups in total. The van der Waals surface area contributed by atoms with Crippen molar-refractivity contribution in [3.8, 4) is 17.0 Å². The number of rotatable bonds is 3. The number of phenolic OH excluding ortho intramolecular Hbond substituents is 1. The molecule has 1 atom stereocenters. The Labute approximate surface area is 158 Å². The molecule has 2 aliphatic heterocycles. The Hall–Kier alpha value is -1.89. The molecule has 7 heteroatoms. The number of anilines is 1. The van der Waals surface area contributed by atoms with E-state index >= 15 is 0 Å². The number of piperidine rings is 1. The van der Waals surface area contributed by atoms with Crippen LogP contribution in [0.25, 0.3) is 11.3 Å². The summed E-state index contributed by atoms with van der Waals surface area (Å²) in [6.45, 7) is 3.29. The number of hydrogen-bond acceptors (Lipinski definition) is 6. The lowest BCUT2D eigenvalue weighted by Gasteiger charge is -2.31. The SMILES string of the molecule is CN1CCC[C@@H](Nc2nnc(-c3ccc(Cl)cc3O)c3c2CCOC3)C1. The van der Waals surface area contributed by atoms with E-state index in [0.29, 0.717) is 35.5 Å². The van der Waals surface area contributed by atoms with Crippen LogP contribution in [0.3, 0.4) is 0 Å². The number of nitrogens with zero attached hydrogens (tertiary/aromatic N) is 3. The smallest absolute Gasteiger partial charge is 0.152 e. The van der Waals surface area contributed by atoms with E-state index in [-0.39, 0.29) is 5.75 Å². The fourth-order valence-corrected chi connectivity index (χ4v) is 3.96. The maximum atomic E-state index is 10.3. The first-order chi connectivity index (χ1) is 12.6. The van der Waals surface area contributed by atoms with E-state index in [0.717, 1.165) is 42.9 Å². The maximum Gasteiger partial charge on any atom is 0.152 e. The van der Waals surface area contributed by atoms with Gasteiger partial charge in [0.25, 0.3) is 0 Å². The van der Waals surface area contributed by atoms with E-state index in [4.69, 9.17) is 16.3 Å². The normalized spacial score (nSPS) is 20.6. The van der Waals surface area contributed by atoms with Crippen LogP contribution in [0, 0.1) is 0 Å². The number of halogens is 1. The molecule has 1 saturated heterocycles. The highest BCUT2D eigenvalue weighted by Crippen LogP contribution is 2.36. The molecule has 0 amide bonds. The summed E-state index contributed by atoms with van der Waals surface area (Å²) in [6.07, 6.45) is 3.11. The average Bonchev–Trinajstić information content (AvgIpc) is 2.63. The van der Waals surface area contributed by atoms with Crippen LogP contribution in [0.5, 0.6) is 5.75 Å². The van der Waals surface area contributed by atoms with Crippen molar-refractivity contribution < 1.29 is 9.84 Å². The maximum absolute atomic E-state index is 10.3. The molecule has 2 aliphatic rings. The van der Waals surface area contributed by atoms with Crippen LogP contribution in [-0.2, 0) is 17.8 Å². The number of nitrogens with one attached hydrogen (secondary N) is 1.